The predicted molar refractivity (Wildman–Crippen MR) is 89.0 cm³/mol. The van der Waals surface area contributed by atoms with Gasteiger partial charge in [-0.2, -0.15) is 0 Å². The zero-order valence-corrected chi connectivity index (χ0v) is 13.4. The van der Waals surface area contributed by atoms with Crippen LogP contribution in [0.5, 0.6) is 0 Å². The minimum atomic E-state index is 0.0938. The number of carbonyl (C=O) groups is 1. The minimum absolute atomic E-state index is 0.0938. The average molecular weight is 280 g/mol. The van der Waals surface area contributed by atoms with Crippen molar-refractivity contribution in [3.8, 4) is 0 Å². The van der Waals surface area contributed by atoms with Crippen LogP contribution in [0.2, 0.25) is 0 Å². The molecular formula is C20H24O. The lowest BCUT2D eigenvalue weighted by Crippen LogP contribution is -2.19. The van der Waals surface area contributed by atoms with Gasteiger partial charge in [0.05, 0.1) is 0 Å². The van der Waals surface area contributed by atoms with Crippen LogP contribution >= 0.6 is 0 Å². The smallest absolute Gasteiger partial charge is 0.193 e. The third kappa shape index (κ3) is 3.24. The van der Waals surface area contributed by atoms with Crippen LogP contribution in [0.1, 0.15) is 60.7 Å². The molecule has 2 aromatic rings. The maximum absolute atomic E-state index is 12.5. The fraction of sp³-hybridized carbons (Fsp3) is 0.350. The molecule has 0 spiro atoms. The molecule has 0 saturated carbocycles. The summed E-state index contributed by atoms with van der Waals surface area (Å²) in [5.41, 5.74) is 4.20. The lowest BCUT2D eigenvalue weighted by Gasteiger charge is -2.27. The lowest BCUT2D eigenvalue weighted by atomic mass is 9.77. The molecule has 0 fully saturated rings. The van der Waals surface area contributed by atoms with Crippen LogP contribution in [0.3, 0.4) is 0 Å². The summed E-state index contributed by atoms with van der Waals surface area (Å²) in [6.45, 7) is 8.74. The van der Waals surface area contributed by atoms with Gasteiger partial charge in [-0.15, -0.1) is 0 Å². The number of aryl methyl sites for hydroxylation is 1. The Labute approximate surface area is 128 Å². The molecule has 0 unspecified atom stereocenters. The maximum Gasteiger partial charge on any atom is 0.193 e. The van der Waals surface area contributed by atoms with Gasteiger partial charge in [-0.25, -0.2) is 0 Å². The molecule has 2 aromatic carbocycles. The third-order valence-electron chi connectivity index (χ3n) is 4.72. The Morgan fingerprint density at radius 2 is 1.29 bits per heavy atom. The molecule has 0 saturated heterocycles. The van der Waals surface area contributed by atoms with Crippen LogP contribution in [0.25, 0.3) is 0 Å². The molecule has 0 atom stereocenters. The van der Waals surface area contributed by atoms with Crippen molar-refractivity contribution in [1.29, 1.82) is 0 Å². The van der Waals surface area contributed by atoms with E-state index in [1.807, 2.05) is 43.3 Å². The fourth-order valence-electron chi connectivity index (χ4n) is 2.55. The largest absolute Gasteiger partial charge is 0.289 e. The van der Waals surface area contributed by atoms with E-state index in [1.165, 1.54) is 11.1 Å². The van der Waals surface area contributed by atoms with E-state index in [0.717, 1.165) is 24.0 Å². The normalized spacial score (nSPS) is 11.4. The van der Waals surface area contributed by atoms with E-state index in [2.05, 4.69) is 32.9 Å². The SMILES string of the molecule is CCC(C)(CC)c1ccc(C(=O)c2ccc(C)cc2)cc1. The highest BCUT2D eigenvalue weighted by atomic mass is 16.1. The first-order valence-corrected chi connectivity index (χ1v) is 7.72. The number of hydrogen-bond donors (Lipinski definition) is 0. The first-order valence-electron chi connectivity index (χ1n) is 7.72. The molecule has 110 valence electrons. The maximum atomic E-state index is 12.5. The highest BCUT2D eigenvalue weighted by molar-refractivity contribution is 6.09. The summed E-state index contributed by atoms with van der Waals surface area (Å²) in [6, 6.07) is 15.9. The number of benzene rings is 2. The Hall–Kier alpha value is -1.89. The molecule has 0 heterocycles. The second kappa shape index (κ2) is 6.26. The van der Waals surface area contributed by atoms with Crippen molar-refractivity contribution in [2.45, 2.75) is 46.0 Å². The van der Waals surface area contributed by atoms with E-state index in [1.54, 1.807) is 0 Å². The van der Waals surface area contributed by atoms with Crippen molar-refractivity contribution in [1.82, 2.24) is 0 Å². The topological polar surface area (TPSA) is 17.1 Å². The highest BCUT2D eigenvalue weighted by Crippen LogP contribution is 2.31. The molecule has 2 rings (SSSR count). The quantitative estimate of drug-likeness (QED) is 0.679. The summed E-state index contributed by atoms with van der Waals surface area (Å²) in [6.07, 6.45) is 2.21. The van der Waals surface area contributed by atoms with Crippen LogP contribution in [0.15, 0.2) is 48.5 Å². The van der Waals surface area contributed by atoms with Gasteiger partial charge in [0.1, 0.15) is 0 Å². The van der Waals surface area contributed by atoms with Crippen LogP contribution < -0.4 is 0 Å². The van der Waals surface area contributed by atoms with Crippen LogP contribution in [0, 0.1) is 6.92 Å². The zero-order valence-electron chi connectivity index (χ0n) is 13.4. The van der Waals surface area contributed by atoms with Gasteiger partial charge in [-0.1, -0.05) is 74.9 Å². The monoisotopic (exact) mass is 280 g/mol. The Morgan fingerprint density at radius 3 is 1.71 bits per heavy atom. The van der Waals surface area contributed by atoms with E-state index < -0.39 is 0 Å². The highest BCUT2D eigenvalue weighted by Gasteiger charge is 2.22. The van der Waals surface area contributed by atoms with E-state index in [0.29, 0.717) is 0 Å². The van der Waals surface area contributed by atoms with Gasteiger partial charge in [0.25, 0.3) is 0 Å². The molecule has 0 bridgehead atoms. The Morgan fingerprint density at radius 1 is 0.857 bits per heavy atom. The van der Waals surface area contributed by atoms with Crippen LogP contribution in [-0.4, -0.2) is 5.78 Å². The van der Waals surface area contributed by atoms with Gasteiger partial charge in [-0.05, 0) is 30.7 Å². The molecule has 0 N–H and O–H groups in total. The molecule has 21 heavy (non-hydrogen) atoms. The van der Waals surface area contributed by atoms with E-state index >= 15 is 0 Å². The number of rotatable bonds is 5. The average Bonchev–Trinajstić information content (AvgIpc) is 2.54. The molecule has 1 heteroatoms. The molecule has 0 radical (unpaired) electrons. The Bertz CT molecular complexity index is 601. The summed E-state index contributed by atoms with van der Waals surface area (Å²) >= 11 is 0. The van der Waals surface area contributed by atoms with Gasteiger partial charge in [0.2, 0.25) is 0 Å². The van der Waals surface area contributed by atoms with Gasteiger partial charge in [0, 0.05) is 11.1 Å². The van der Waals surface area contributed by atoms with Crippen LogP contribution in [-0.2, 0) is 5.41 Å². The molecule has 0 aliphatic heterocycles. The summed E-state index contributed by atoms with van der Waals surface area (Å²) in [5, 5.41) is 0. The minimum Gasteiger partial charge on any atom is -0.289 e. The summed E-state index contributed by atoms with van der Waals surface area (Å²) < 4.78 is 0. The predicted octanol–water partition coefficient (Wildman–Crippen LogP) is 5.30. The molecule has 0 aliphatic carbocycles. The van der Waals surface area contributed by atoms with Gasteiger partial charge in [-0.3, -0.25) is 4.79 Å². The summed E-state index contributed by atoms with van der Waals surface area (Å²) in [5.74, 6) is 0.0938. The Kier molecular flexibility index (Phi) is 4.62. The van der Waals surface area contributed by atoms with Gasteiger partial charge >= 0.3 is 0 Å². The fourth-order valence-corrected chi connectivity index (χ4v) is 2.55. The first-order chi connectivity index (χ1) is 10.00. The second-order valence-electron chi connectivity index (χ2n) is 6.04. The Balaban J connectivity index is 2.26. The van der Waals surface area contributed by atoms with Crippen molar-refractivity contribution in [3.63, 3.8) is 0 Å². The van der Waals surface area contributed by atoms with E-state index in [-0.39, 0.29) is 11.2 Å². The number of carbonyl (C=O) groups excluding carboxylic acids is 1. The van der Waals surface area contributed by atoms with E-state index in [9.17, 15) is 4.79 Å². The second-order valence-corrected chi connectivity index (χ2v) is 6.04. The van der Waals surface area contributed by atoms with Crippen molar-refractivity contribution in [2.75, 3.05) is 0 Å². The molecule has 0 aromatic heterocycles. The molecular weight excluding hydrogens is 256 g/mol. The standard InChI is InChI=1S/C20H24O/c1-5-20(4,6-2)18-13-11-17(12-14-18)19(21)16-9-7-15(3)8-10-16/h7-14H,5-6H2,1-4H3. The molecule has 0 aliphatic rings. The van der Waals surface area contributed by atoms with Crippen molar-refractivity contribution < 1.29 is 4.79 Å². The first kappa shape index (κ1) is 15.5. The molecule has 1 nitrogen and oxygen atoms in total. The summed E-state index contributed by atoms with van der Waals surface area (Å²) in [7, 11) is 0. The summed E-state index contributed by atoms with van der Waals surface area (Å²) in [4.78, 5) is 12.5. The zero-order chi connectivity index (χ0) is 15.5. The van der Waals surface area contributed by atoms with Crippen molar-refractivity contribution >= 4 is 5.78 Å². The third-order valence-corrected chi connectivity index (χ3v) is 4.72. The van der Waals surface area contributed by atoms with Crippen molar-refractivity contribution in [2.24, 2.45) is 0 Å². The van der Waals surface area contributed by atoms with Gasteiger partial charge < -0.3 is 0 Å². The van der Waals surface area contributed by atoms with Gasteiger partial charge in [0.15, 0.2) is 5.78 Å². The lowest BCUT2D eigenvalue weighted by molar-refractivity contribution is 0.103. The molecule has 0 amide bonds. The number of ketones is 1. The van der Waals surface area contributed by atoms with E-state index in [4.69, 9.17) is 0 Å². The van der Waals surface area contributed by atoms with Crippen LogP contribution in [0.4, 0.5) is 0 Å². The number of hydrogen-bond acceptors (Lipinski definition) is 1. The van der Waals surface area contributed by atoms with Crippen molar-refractivity contribution in [3.05, 3.63) is 70.8 Å².